The lowest BCUT2D eigenvalue weighted by Gasteiger charge is -2.10. The van der Waals surface area contributed by atoms with E-state index in [4.69, 9.17) is 13.9 Å². The number of para-hydroxylation sites is 1. The first-order valence-corrected chi connectivity index (χ1v) is 8.57. The Morgan fingerprint density at radius 3 is 2.69 bits per heavy atom. The monoisotopic (exact) mass is 355 g/mol. The number of fused-ring (bicyclic) bond motifs is 3. The Balaban J connectivity index is 1.77. The van der Waals surface area contributed by atoms with Crippen molar-refractivity contribution in [3.05, 3.63) is 36.4 Å². The van der Waals surface area contributed by atoms with E-state index < -0.39 is 5.91 Å². The summed E-state index contributed by atoms with van der Waals surface area (Å²) in [5.74, 6) is -0.292. The fourth-order valence-corrected chi connectivity index (χ4v) is 2.74. The molecule has 0 atom stereocenters. The van der Waals surface area contributed by atoms with E-state index in [9.17, 15) is 9.59 Å². The van der Waals surface area contributed by atoms with Crippen LogP contribution in [-0.4, -0.2) is 25.6 Å². The molecule has 0 aliphatic rings. The number of amides is 1. The van der Waals surface area contributed by atoms with E-state index in [2.05, 4.69) is 5.32 Å². The Morgan fingerprint density at radius 1 is 1.12 bits per heavy atom. The number of unbranched alkanes of at least 4 members (excludes halogenated alkanes) is 1. The first-order chi connectivity index (χ1) is 12.6. The molecule has 0 spiro atoms. The van der Waals surface area contributed by atoms with Gasteiger partial charge in [0.15, 0.2) is 6.61 Å². The second-order valence-electron chi connectivity index (χ2n) is 5.96. The standard InChI is InChI=1S/C20H21NO5/c1-3-4-9-20(23)25-12-19(22)21-15-11-17-14(10-18(15)24-2)13-7-5-6-8-16(13)26-17/h5-8,10-11H,3-4,9,12H2,1-2H3,(H,21,22). The second kappa shape index (κ2) is 7.91. The first kappa shape index (κ1) is 17.8. The minimum absolute atomic E-state index is 0.318. The molecule has 3 aromatic rings. The topological polar surface area (TPSA) is 77.8 Å². The van der Waals surface area contributed by atoms with Gasteiger partial charge in [0.2, 0.25) is 0 Å². The predicted molar refractivity (Wildman–Crippen MR) is 99.4 cm³/mol. The van der Waals surface area contributed by atoms with Crippen molar-refractivity contribution >= 4 is 39.5 Å². The number of hydrogen-bond donors (Lipinski definition) is 1. The number of nitrogens with one attached hydrogen (secondary N) is 1. The summed E-state index contributed by atoms with van der Waals surface area (Å²) >= 11 is 0. The van der Waals surface area contributed by atoms with Crippen molar-refractivity contribution in [2.45, 2.75) is 26.2 Å². The van der Waals surface area contributed by atoms with E-state index in [1.54, 1.807) is 6.07 Å². The molecule has 1 aromatic heterocycles. The summed E-state index contributed by atoms with van der Waals surface area (Å²) in [6, 6.07) is 11.2. The molecular formula is C20H21NO5. The third-order valence-corrected chi connectivity index (χ3v) is 4.07. The fourth-order valence-electron chi connectivity index (χ4n) is 2.74. The highest BCUT2D eigenvalue weighted by molar-refractivity contribution is 6.07. The van der Waals surface area contributed by atoms with Gasteiger partial charge >= 0.3 is 5.97 Å². The number of furan rings is 1. The SMILES string of the molecule is CCCCC(=O)OCC(=O)Nc1cc2oc3ccccc3c2cc1OC. The number of hydrogen-bond acceptors (Lipinski definition) is 5. The molecule has 3 rings (SSSR count). The number of rotatable bonds is 7. The number of carbonyl (C=O) groups excluding carboxylic acids is 2. The lowest BCUT2D eigenvalue weighted by Crippen LogP contribution is -2.21. The van der Waals surface area contributed by atoms with Gasteiger partial charge in [-0.05, 0) is 18.6 Å². The molecule has 6 heteroatoms. The quantitative estimate of drug-likeness (QED) is 0.641. The van der Waals surface area contributed by atoms with Gasteiger partial charge in [-0.2, -0.15) is 0 Å². The van der Waals surface area contributed by atoms with Crippen LogP contribution in [0.5, 0.6) is 5.75 Å². The maximum atomic E-state index is 12.1. The Hall–Kier alpha value is -3.02. The van der Waals surface area contributed by atoms with E-state index in [0.29, 0.717) is 23.4 Å². The van der Waals surface area contributed by atoms with Gasteiger partial charge in [0.1, 0.15) is 16.9 Å². The Labute approximate surface area is 151 Å². The zero-order chi connectivity index (χ0) is 18.5. The molecule has 0 bridgehead atoms. The van der Waals surface area contributed by atoms with Crippen molar-refractivity contribution in [1.29, 1.82) is 0 Å². The van der Waals surface area contributed by atoms with E-state index in [0.717, 1.165) is 29.2 Å². The molecule has 1 amide bonds. The van der Waals surface area contributed by atoms with Gasteiger partial charge in [-0.1, -0.05) is 31.5 Å². The molecule has 0 fully saturated rings. The number of esters is 1. The van der Waals surface area contributed by atoms with Crippen molar-refractivity contribution in [1.82, 2.24) is 0 Å². The van der Waals surface area contributed by atoms with Crippen molar-refractivity contribution in [2.24, 2.45) is 0 Å². The highest BCUT2D eigenvalue weighted by Gasteiger charge is 2.15. The van der Waals surface area contributed by atoms with Gasteiger partial charge < -0.3 is 19.2 Å². The Morgan fingerprint density at radius 2 is 1.92 bits per heavy atom. The summed E-state index contributed by atoms with van der Waals surface area (Å²) in [6.45, 7) is 1.66. The summed E-state index contributed by atoms with van der Waals surface area (Å²) in [7, 11) is 1.53. The van der Waals surface area contributed by atoms with Crippen molar-refractivity contribution < 1.29 is 23.5 Å². The molecule has 6 nitrogen and oxygen atoms in total. The van der Waals surface area contributed by atoms with Gasteiger partial charge in [-0.15, -0.1) is 0 Å². The van der Waals surface area contributed by atoms with Crippen molar-refractivity contribution in [3.8, 4) is 5.75 Å². The van der Waals surface area contributed by atoms with Crippen LogP contribution < -0.4 is 10.1 Å². The Bertz CT molecular complexity index is 944. The van der Waals surface area contributed by atoms with Crippen molar-refractivity contribution in [2.75, 3.05) is 19.0 Å². The lowest BCUT2D eigenvalue weighted by molar-refractivity contribution is -0.147. The Kier molecular flexibility index (Phi) is 5.41. The molecule has 0 aliphatic carbocycles. The first-order valence-electron chi connectivity index (χ1n) is 8.57. The second-order valence-corrected chi connectivity index (χ2v) is 5.96. The van der Waals surface area contributed by atoms with Crippen LogP contribution in [0, 0.1) is 0 Å². The van der Waals surface area contributed by atoms with Crippen LogP contribution in [0.3, 0.4) is 0 Å². The summed E-state index contributed by atoms with van der Waals surface area (Å²) in [5, 5.41) is 4.59. The fraction of sp³-hybridized carbons (Fsp3) is 0.300. The number of ether oxygens (including phenoxy) is 2. The van der Waals surface area contributed by atoms with Gasteiger partial charge in [0.25, 0.3) is 5.91 Å². The number of carbonyl (C=O) groups is 2. The van der Waals surface area contributed by atoms with E-state index in [1.165, 1.54) is 7.11 Å². The molecule has 0 unspecified atom stereocenters. The molecule has 2 aromatic carbocycles. The molecule has 0 radical (unpaired) electrons. The zero-order valence-corrected chi connectivity index (χ0v) is 14.8. The van der Waals surface area contributed by atoms with Gasteiger partial charge in [0, 0.05) is 23.3 Å². The minimum Gasteiger partial charge on any atom is -0.495 e. The third-order valence-electron chi connectivity index (χ3n) is 4.07. The zero-order valence-electron chi connectivity index (χ0n) is 14.8. The van der Waals surface area contributed by atoms with E-state index in [1.807, 2.05) is 37.3 Å². The van der Waals surface area contributed by atoms with Gasteiger partial charge in [-0.25, -0.2) is 0 Å². The summed E-state index contributed by atoms with van der Waals surface area (Å²) in [5.41, 5.74) is 1.87. The van der Waals surface area contributed by atoms with Crippen LogP contribution >= 0.6 is 0 Å². The average Bonchev–Trinajstić information content (AvgIpc) is 3.01. The average molecular weight is 355 g/mol. The van der Waals surface area contributed by atoms with E-state index >= 15 is 0 Å². The molecule has 26 heavy (non-hydrogen) atoms. The minimum atomic E-state index is -0.427. The molecule has 0 aliphatic heterocycles. The van der Waals surface area contributed by atoms with Gasteiger partial charge in [-0.3, -0.25) is 9.59 Å². The number of anilines is 1. The normalized spacial score (nSPS) is 10.8. The van der Waals surface area contributed by atoms with E-state index in [-0.39, 0.29) is 12.6 Å². The van der Waals surface area contributed by atoms with Crippen LogP contribution in [0.2, 0.25) is 0 Å². The molecular weight excluding hydrogens is 334 g/mol. The van der Waals surface area contributed by atoms with Gasteiger partial charge in [0.05, 0.1) is 12.8 Å². The van der Waals surface area contributed by atoms with Crippen LogP contribution in [0.1, 0.15) is 26.2 Å². The maximum Gasteiger partial charge on any atom is 0.306 e. The highest BCUT2D eigenvalue weighted by atomic mass is 16.5. The third kappa shape index (κ3) is 3.79. The van der Waals surface area contributed by atoms with Crippen LogP contribution in [0.25, 0.3) is 21.9 Å². The lowest BCUT2D eigenvalue weighted by atomic mass is 10.1. The highest BCUT2D eigenvalue weighted by Crippen LogP contribution is 2.36. The summed E-state index contributed by atoms with van der Waals surface area (Å²) < 4.78 is 16.2. The predicted octanol–water partition coefficient (Wildman–Crippen LogP) is 4.27. The smallest absolute Gasteiger partial charge is 0.306 e. The van der Waals surface area contributed by atoms with Crippen LogP contribution in [0.15, 0.2) is 40.8 Å². The summed E-state index contributed by atoms with van der Waals surface area (Å²) in [6.07, 6.45) is 1.96. The molecule has 1 heterocycles. The van der Waals surface area contributed by atoms with Crippen LogP contribution in [0.4, 0.5) is 5.69 Å². The largest absolute Gasteiger partial charge is 0.495 e. The van der Waals surface area contributed by atoms with Crippen LogP contribution in [-0.2, 0) is 14.3 Å². The molecule has 0 saturated carbocycles. The summed E-state index contributed by atoms with van der Waals surface area (Å²) in [4.78, 5) is 23.6. The number of methoxy groups -OCH3 is 1. The number of benzene rings is 2. The molecule has 136 valence electrons. The maximum absolute atomic E-state index is 12.1. The molecule has 1 N–H and O–H groups in total. The molecule has 0 saturated heterocycles. The van der Waals surface area contributed by atoms with Crippen molar-refractivity contribution in [3.63, 3.8) is 0 Å².